The van der Waals surface area contributed by atoms with E-state index in [0.29, 0.717) is 45.6 Å². The maximum absolute atomic E-state index is 12.9. The van der Waals surface area contributed by atoms with Crippen LogP contribution in [0.2, 0.25) is 0 Å². The first-order valence-corrected chi connectivity index (χ1v) is 12.3. The lowest BCUT2D eigenvalue weighted by Gasteiger charge is -2.16. The van der Waals surface area contributed by atoms with Gasteiger partial charge in [0.15, 0.2) is 0 Å². The van der Waals surface area contributed by atoms with E-state index in [-0.39, 0.29) is 11.8 Å². The Morgan fingerprint density at radius 2 is 1.84 bits per heavy atom. The van der Waals surface area contributed by atoms with Crippen LogP contribution in [0.4, 0.5) is 11.5 Å². The Bertz CT molecular complexity index is 1560. The van der Waals surface area contributed by atoms with Crippen molar-refractivity contribution in [1.29, 1.82) is 5.26 Å². The van der Waals surface area contributed by atoms with Crippen molar-refractivity contribution in [2.45, 2.75) is 26.2 Å². The predicted octanol–water partition coefficient (Wildman–Crippen LogP) is 4.34. The van der Waals surface area contributed by atoms with Crippen molar-refractivity contribution >= 4 is 34.4 Å². The Labute approximate surface area is 214 Å². The van der Waals surface area contributed by atoms with Crippen molar-refractivity contribution < 1.29 is 9.59 Å². The van der Waals surface area contributed by atoms with Gasteiger partial charge in [0, 0.05) is 48.9 Å². The third-order valence-electron chi connectivity index (χ3n) is 6.81. The van der Waals surface area contributed by atoms with E-state index in [9.17, 15) is 14.9 Å². The third-order valence-corrected chi connectivity index (χ3v) is 6.81. The lowest BCUT2D eigenvalue weighted by Crippen LogP contribution is -2.27. The Morgan fingerprint density at radius 1 is 1.11 bits per heavy atom. The molecule has 0 saturated carbocycles. The number of anilines is 2. The minimum atomic E-state index is -0.131. The van der Waals surface area contributed by atoms with Gasteiger partial charge in [-0.2, -0.15) is 5.26 Å². The number of hydrogen-bond acceptors (Lipinski definition) is 6. The van der Waals surface area contributed by atoms with Crippen LogP contribution >= 0.6 is 0 Å². The van der Waals surface area contributed by atoms with Crippen LogP contribution in [-0.2, 0) is 11.8 Å². The fourth-order valence-electron chi connectivity index (χ4n) is 4.92. The van der Waals surface area contributed by atoms with Crippen LogP contribution in [-0.4, -0.2) is 44.3 Å². The molecule has 3 N–H and O–H groups in total. The van der Waals surface area contributed by atoms with Gasteiger partial charge in [-0.25, -0.2) is 9.97 Å². The molecule has 0 unspecified atom stereocenters. The summed E-state index contributed by atoms with van der Waals surface area (Å²) >= 11 is 0. The van der Waals surface area contributed by atoms with Gasteiger partial charge in [0.1, 0.15) is 17.8 Å². The van der Waals surface area contributed by atoms with E-state index in [2.05, 4.69) is 21.4 Å². The van der Waals surface area contributed by atoms with Crippen molar-refractivity contribution in [2.24, 2.45) is 7.05 Å². The van der Waals surface area contributed by atoms with Crippen LogP contribution in [0, 0.1) is 11.3 Å². The van der Waals surface area contributed by atoms with Gasteiger partial charge in [-0.3, -0.25) is 9.59 Å². The number of aryl methyl sites for hydroxylation is 1. The van der Waals surface area contributed by atoms with Gasteiger partial charge >= 0.3 is 0 Å². The molecule has 1 aliphatic rings. The fourth-order valence-corrected chi connectivity index (χ4v) is 4.92. The van der Waals surface area contributed by atoms with Crippen molar-refractivity contribution in [1.82, 2.24) is 19.4 Å². The summed E-state index contributed by atoms with van der Waals surface area (Å²) in [5.74, 6) is 0.222. The van der Waals surface area contributed by atoms with Crippen LogP contribution < -0.4 is 11.1 Å². The van der Waals surface area contributed by atoms with Gasteiger partial charge in [0.2, 0.25) is 5.91 Å². The molecule has 1 saturated heterocycles. The molecule has 37 heavy (non-hydrogen) atoms. The molecule has 0 bridgehead atoms. The zero-order chi connectivity index (χ0) is 26.1. The molecule has 9 nitrogen and oxygen atoms in total. The number of nitrogen functional groups attached to an aromatic ring is 1. The molecule has 0 spiro atoms. The van der Waals surface area contributed by atoms with Gasteiger partial charge < -0.3 is 20.5 Å². The average Bonchev–Trinajstić information content (AvgIpc) is 3.56. The molecule has 0 radical (unpaired) electrons. The Hall–Kier alpha value is -4.71. The number of carbonyl (C=O) groups excluding carboxylic acids is 2. The highest BCUT2D eigenvalue weighted by Crippen LogP contribution is 2.43. The minimum absolute atomic E-state index is 0.0292. The number of nitrogens with one attached hydrogen (secondary N) is 1. The Kier molecular flexibility index (Phi) is 6.32. The molecule has 2 aromatic carbocycles. The monoisotopic (exact) mass is 493 g/mol. The number of rotatable bonds is 5. The zero-order valence-electron chi connectivity index (χ0n) is 20.8. The first-order chi connectivity index (χ1) is 17.9. The number of likely N-dealkylation sites (tertiary alicyclic amines) is 1. The second-order valence-corrected chi connectivity index (χ2v) is 9.09. The van der Waals surface area contributed by atoms with E-state index in [0.717, 1.165) is 42.8 Å². The summed E-state index contributed by atoms with van der Waals surface area (Å²) in [5.41, 5.74) is 11.6. The number of hydrogen-bond donors (Lipinski definition) is 2. The zero-order valence-corrected chi connectivity index (χ0v) is 20.8. The van der Waals surface area contributed by atoms with Crippen LogP contribution in [0.5, 0.6) is 0 Å². The predicted molar refractivity (Wildman–Crippen MR) is 143 cm³/mol. The molecule has 9 heteroatoms. The second-order valence-electron chi connectivity index (χ2n) is 9.09. The Morgan fingerprint density at radius 3 is 2.51 bits per heavy atom. The molecule has 2 amide bonds. The molecule has 0 aliphatic carbocycles. The molecule has 3 heterocycles. The summed E-state index contributed by atoms with van der Waals surface area (Å²) in [5, 5.41) is 13.5. The highest BCUT2D eigenvalue weighted by Gasteiger charge is 2.25. The minimum Gasteiger partial charge on any atom is -0.383 e. The van der Waals surface area contributed by atoms with Crippen LogP contribution in [0.15, 0.2) is 48.8 Å². The Balaban J connectivity index is 1.67. The number of aromatic nitrogens is 3. The lowest BCUT2D eigenvalue weighted by molar-refractivity contribution is -0.115. The van der Waals surface area contributed by atoms with E-state index < -0.39 is 0 Å². The number of benzene rings is 2. The highest BCUT2D eigenvalue weighted by atomic mass is 16.2. The van der Waals surface area contributed by atoms with E-state index >= 15 is 0 Å². The van der Waals surface area contributed by atoms with Gasteiger partial charge in [0.05, 0.1) is 22.7 Å². The molecule has 2 aromatic heterocycles. The fraction of sp³-hybridized carbons (Fsp3) is 0.250. The first kappa shape index (κ1) is 24.0. The molecule has 186 valence electrons. The molecule has 5 rings (SSSR count). The smallest absolute Gasteiger partial charge is 0.253 e. The van der Waals surface area contributed by atoms with Gasteiger partial charge in [-0.05, 0) is 48.7 Å². The highest BCUT2D eigenvalue weighted by molar-refractivity contribution is 6.08. The summed E-state index contributed by atoms with van der Waals surface area (Å²) in [6.07, 6.45) is 3.82. The van der Waals surface area contributed by atoms with Gasteiger partial charge in [0.25, 0.3) is 5.91 Å². The van der Waals surface area contributed by atoms with Crippen molar-refractivity contribution in [3.05, 3.63) is 59.9 Å². The molecule has 1 fully saturated rings. The second kappa shape index (κ2) is 9.74. The standard InChI is InChI=1S/C28H27N7O2/c1-3-22(36)33-20-10-11-21(19(14-20)15-29)25-23(24-26(30)31-16-32-27(24)34(25)2)17-6-8-18(9-7-17)28(37)35-12-4-5-13-35/h6-11,14,16H,3-5,12-13H2,1-2H3,(H,33,36)(H2,30,31,32). The van der Waals surface area contributed by atoms with Crippen molar-refractivity contribution in [2.75, 3.05) is 24.1 Å². The normalized spacial score (nSPS) is 13.1. The largest absolute Gasteiger partial charge is 0.383 e. The summed E-state index contributed by atoms with van der Waals surface area (Å²) in [7, 11) is 1.87. The molecular formula is C28H27N7O2. The van der Waals surface area contributed by atoms with Crippen LogP contribution in [0.1, 0.15) is 42.1 Å². The number of fused-ring (bicyclic) bond motifs is 1. The lowest BCUT2D eigenvalue weighted by atomic mass is 9.95. The number of nitriles is 1. The number of nitrogens with zero attached hydrogens (tertiary/aromatic N) is 5. The molecule has 1 aliphatic heterocycles. The maximum atomic E-state index is 12.9. The number of nitrogens with two attached hydrogens (primary N) is 1. The number of carbonyl (C=O) groups is 2. The topological polar surface area (TPSA) is 130 Å². The van der Waals surface area contributed by atoms with Gasteiger partial charge in [-0.15, -0.1) is 0 Å². The van der Waals surface area contributed by atoms with Crippen LogP contribution in [0.25, 0.3) is 33.4 Å². The van der Waals surface area contributed by atoms with E-state index in [1.807, 2.05) is 46.8 Å². The first-order valence-electron chi connectivity index (χ1n) is 12.3. The van der Waals surface area contributed by atoms with E-state index in [1.165, 1.54) is 6.33 Å². The maximum Gasteiger partial charge on any atom is 0.253 e. The quantitative estimate of drug-likeness (QED) is 0.425. The number of amides is 2. The molecular weight excluding hydrogens is 466 g/mol. The summed E-state index contributed by atoms with van der Waals surface area (Å²) in [6.45, 7) is 3.34. The summed E-state index contributed by atoms with van der Waals surface area (Å²) in [4.78, 5) is 35.3. The van der Waals surface area contributed by atoms with E-state index in [1.54, 1.807) is 19.1 Å². The van der Waals surface area contributed by atoms with Crippen LogP contribution in [0.3, 0.4) is 0 Å². The van der Waals surface area contributed by atoms with Crippen molar-refractivity contribution in [3.63, 3.8) is 0 Å². The molecule has 4 aromatic rings. The average molecular weight is 494 g/mol. The summed E-state index contributed by atoms with van der Waals surface area (Å²) in [6, 6.07) is 15.0. The van der Waals surface area contributed by atoms with Gasteiger partial charge in [-0.1, -0.05) is 19.1 Å². The summed E-state index contributed by atoms with van der Waals surface area (Å²) < 4.78 is 1.90. The van der Waals surface area contributed by atoms with E-state index in [4.69, 9.17) is 5.73 Å². The third kappa shape index (κ3) is 4.27. The van der Waals surface area contributed by atoms with Crippen molar-refractivity contribution in [3.8, 4) is 28.5 Å². The molecule has 0 atom stereocenters. The SMILES string of the molecule is CCC(=O)Nc1ccc(-c2c(-c3ccc(C(=O)N4CCCC4)cc3)c3c(N)ncnc3n2C)c(C#N)c1.